The molecule has 2 N–H and O–H groups in total. The van der Waals surface area contributed by atoms with Crippen LogP contribution in [0, 0.1) is 20.2 Å². The van der Waals surface area contributed by atoms with Crippen molar-refractivity contribution in [2.45, 2.75) is 27.7 Å². The molecule has 0 fully saturated rings. The molecule has 0 radical (unpaired) electrons. The van der Waals surface area contributed by atoms with Crippen LogP contribution in [0.1, 0.15) is 27.7 Å². The van der Waals surface area contributed by atoms with Crippen molar-refractivity contribution in [2.75, 3.05) is 26.4 Å². The second-order valence-electron chi connectivity index (χ2n) is 2.71. The smallest absolute Gasteiger partial charge is 0.351 e. The maximum absolute atomic E-state index is 8.36. The molecule has 0 saturated carbocycles. The Morgan fingerprint density at radius 1 is 0.783 bits per heavy atom. The summed E-state index contributed by atoms with van der Waals surface area (Å²) in [5, 5.41) is 27.3. The van der Waals surface area contributed by atoms with Crippen LogP contribution in [0.5, 0.6) is 0 Å². The molecule has 128 valence electrons. The van der Waals surface area contributed by atoms with Crippen LogP contribution in [0.4, 0.5) is 0 Å². The zero-order valence-electron chi connectivity index (χ0n) is 13.7. The first-order valence-electron chi connectivity index (χ1n) is 5.93. The Hall–Kier alpha value is -0.244. The van der Waals surface area contributed by atoms with Gasteiger partial charge in [-0.1, -0.05) is 0 Å². The minimum Gasteiger partial charge on any atom is -0.351 e. The summed E-state index contributed by atoms with van der Waals surface area (Å²) >= 11 is 0. The molecular formula is C8H22AlMgN2O10Si+5. The zero-order chi connectivity index (χ0) is 17.3. The normalized spacial score (nSPS) is 8.87. The summed E-state index contributed by atoms with van der Waals surface area (Å²) < 4.78 is 21.7. The van der Waals surface area contributed by atoms with Gasteiger partial charge in [-0.3, -0.25) is 0 Å². The molecule has 0 amide bonds. The van der Waals surface area contributed by atoms with Gasteiger partial charge in [0.2, 0.25) is 0 Å². The van der Waals surface area contributed by atoms with Crippen LogP contribution in [0.2, 0.25) is 0 Å². The third kappa shape index (κ3) is 34.2. The molecule has 0 atom stereocenters. The third-order valence-corrected chi connectivity index (χ3v) is 3.85. The zero-order valence-corrected chi connectivity index (χ0v) is 17.2. The van der Waals surface area contributed by atoms with Crippen molar-refractivity contribution in [2.24, 2.45) is 0 Å². The standard InChI is InChI=1S/C8H20O4Si.Al.Mg.2HNO3/c1-5-9-13(10-6-2,11-7-3)12-8-4;;;2*2-1(3)4/h5-8H2,1-4H3;;;2*(H,2,3,4)/q;+3;+2;;. The van der Waals surface area contributed by atoms with Gasteiger partial charge in [0, 0.05) is 26.4 Å². The van der Waals surface area contributed by atoms with Crippen molar-refractivity contribution in [1.82, 2.24) is 0 Å². The fourth-order valence-corrected chi connectivity index (χ4v) is 2.87. The Morgan fingerprint density at radius 2 is 0.913 bits per heavy atom. The van der Waals surface area contributed by atoms with E-state index in [-0.39, 0.29) is 40.4 Å². The maximum Gasteiger partial charge on any atom is 3.00 e. The minimum atomic E-state index is -2.80. The number of hydrogen-bond donors (Lipinski definition) is 2. The summed E-state index contributed by atoms with van der Waals surface area (Å²) in [6.07, 6.45) is 0. The van der Waals surface area contributed by atoms with Gasteiger partial charge in [-0.2, -0.15) is 0 Å². The van der Waals surface area contributed by atoms with E-state index in [2.05, 4.69) is 0 Å². The van der Waals surface area contributed by atoms with Crippen molar-refractivity contribution in [1.29, 1.82) is 0 Å². The second-order valence-corrected chi connectivity index (χ2v) is 4.86. The first-order valence-corrected chi connectivity index (χ1v) is 7.56. The van der Waals surface area contributed by atoms with Gasteiger partial charge in [-0.25, -0.2) is 0 Å². The van der Waals surface area contributed by atoms with Gasteiger partial charge in [0.05, 0.1) is 0 Å². The molecule has 0 unspecified atom stereocenters. The molecule has 0 saturated heterocycles. The van der Waals surface area contributed by atoms with Gasteiger partial charge in [0.15, 0.2) is 0 Å². The summed E-state index contributed by atoms with van der Waals surface area (Å²) in [6, 6.07) is 0. The van der Waals surface area contributed by atoms with Crippen LogP contribution in [0.25, 0.3) is 0 Å². The quantitative estimate of drug-likeness (QED) is 0.333. The van der Waals surface area contributed by atoms with Gasteiger partial charge in [0.1, 0.15) is 0 Å². The van der Waals surface area contributed by atoms with E-state index in [1.54, 1.807) is 0 Å². The second kappa shape index (κ2) is 24.0. The van der Waals surface area contributed by atoms with E-state index in [0.717, 1.165) is 0 Å². The van der Waals surface area contributed by atoms with E-state index in [9.17, 15) is 0 Å². The number of hydrogen-bond acceptors (Lipinski definition) is 8. The van der Waals surface area contributed by atoms with Gasteiger partial charge >= 0.3 is 49.5 Å². The molecule has 12 nitrogen and oxygen atoms in total. The predicted octanol–water partition coefficient (Wildman–Crippen LogP) is 0.111. The van der Waals surface area contributed by atoms with Crippen LogP contribution in [-0.4, -0.2) is 96.5 Å². The Kier molecular flexibility index (Phi) is 35.7. The van der Waals surface area contributed by atoms with Crippen LogP contribution in [0.3, 0.4) is 0 Å². The Morgan fingerprint density at radius 3 is 1.00 bits per heavy atom. The summed E-state index contributed by atoms with van der Waals surface area (Å²) in [6.45, 7) is 9.80. The Bertz CT molecular complexity index is 230. The molecule has 0 rings (SSSR count). The van der Waals surface area contributed by atoms with Crippen molar-refractivity contribution >= 4 is 49.5 Å². The maximum atomic E-state index is 8.36. The third-order valence-electron chi connectivity index (χ3n) is 1.28. The van der Waals surface area contributed by atoms with Gasteiger partial charge < -0.3 is 28.1 Å². The van der Waals surface area contributed by atoms with Crippen LogP contribution >= 0.6 is 0 Å². The van der Waals surface area contributed by atoms with Gasteiger partial charge in [-0.15, -0.1) is 20.2 Å². The average molecular weight is 386 g/mol. The molecule has 0 bridgehead atoms. The van der Waals surface area contributed by atoms with E-state index < -0.39 is 19.2 Å². The Labute approximate surface area is 162 Å². The predicted molar refractivity (Wildman–Crippen MR) is 81.3 cm³/mol. The SMILES string of the molecule is CCO[Si](OCC)(OCC)OCC.O=[N+]([O-])O.O=[N+]([O-])O.[Al+3].[Mg+2]. The molecule has 0 aliphatic rings. The molecule has 0 spiro atoms. The molecule has 15 heteroatoms. The van der Waals surface area contributed by atoms with Crippen molar-refractivity contribution < 1.29 is 38.3 Å². The molecule has 0 aromatic heterocycles. The van der Waals surface area contributed by atoms with Crippen molar-refractivity contribution in [3.63, 3.8) is 0 Å². The largest absolute Gasteiger partial charge is 3.00 e. The summed E-state index contributed by atoms with van der Waals surface area (Å²) in [7, 11) is -2.80. The molecule has 0 aliphatic heterocycles. The first kappa shape index (κ1) is 34.2. The van der Waals surface area contributed by atoms with Crippen molar-refractivity contribution in [3.8, 4) is 0 Å². The number of rotatable bonds is 8. The van der Waals surface area contributed by atoms with Crippen LogP contribution in [-0.2, 0) is 17.7 Å². The van der Waals surface area contributed by atoms with Crippen molar-refractivity contribution in [3.05, 3.63) is 20.2 Å². The fourth-order valence-electron chi connectivity index (χ4n) is 0.957. The van der Waals surface area contributed by atoms with Gasteiger partial charge in [0.25, 0.3) is 10.2 Å². The van der Waals surface area contributed by atoms with E-state index in [4.69, 9.17) is 48.3 Å². The Balaban J connectivity index is -0.0000000909. The van der Waals surface area contributed by atoms with E-state index in [1.807, 2.05) is 27.7 Å². The molecule has 23 heavy (non-hydrogen) atoms. The average Bonchev–Trinajstić information content (AvgIpc) is 2.28. The first-order chi connectivity index (χ1) is 9.71. The van der Waals surface area contributed by atoms with E-state index in [0.29, 0.717) is 26.4 Å². The molecular weight excluding hydrogens is 363 g/mol. The topological polar surface area (TPSA) is 164 Å². The fraction of sp³-hybridized carbons (Fsp3) is 1.00. The molecule has 0 heterocycles. The summed E-state index contributed by atoms with van der Waals surface area (Å²) in [5.41, 5.74) is 0. The van der Waals surface area contributed by atoms with E-state index in [1.165, 1.54) is 0 Å². The molecule has 0 aromatic carbocycles. The number of nitrogens with zero attached hydrogens (tertiary/aromatic N) is 2. The van der Waals surface area contributed by atoms with E-state index >= 15 is 0 Å². The van der Waals surface area contributed by atoms with Crippen LogP contribution in [0.15, 0.2) is 0 Å². The van der Waals surface area contributed by atoms with Crippen LogP contribution < -0.4 is 0 Å². The van der Waals surface area contributed by atoms with Gasteiger partial charge in [-0.05, 0) is 27.7 Å². The molecule has 0 aromatic rings. The summed E-state index contributed by atoms with van der Waals surface area (Å²) in [4.78, 5) is 16.7. The molecule has 0 aliphatic carbocycles. The minimum absolute atomic E-state index is 0. The summed E-state index contributed by atoms with van der Waals surface area (Å²) in [5.74, 6) is 0. The monoisotopic (exact) mass is 385 g/mol.